The number of hydrogen-bond acceptors (Lipinski definition) is 2. The van der Waals surface area contributed by atoms with Crippen LogP contribution in [0, 0.1) is 0 Å². The van der Waals surface area contributed by atoms with E-state index in [0.29, 0.717) is 10.0 Å². The van der Waals surface area contributed by atoms with E-state index in [1.807, 2.05) is 12.1 Å². The highest BCUT2D eigenvalue weighted by molar-refractivity contribution is 6.42. The number of aromatic amines is 1. The summed E-state index contributed by atoms with van der Waals surface area (Å²) in [6, 6.07) is 12.6. The van der Waals surface area contributed by atoms with Gasteiger partial charge in [-0.1, -0.05) is 47.5 Å². The van der Waals surface area contributed by atoms with Gasteiger partial charge in [-0.05, 0) is 67.5 Å². The number of H-pyrrole nitrogens is 1. The molecule has 1 saturated heterocycles. The Labute approximate surface area is 181 Å². The molecule has 5 rings (SSSR count). The molecule has 0 aliphatic carbocycles. The van der Waals surface area contributed by atoms with E-state index >= 15 is 0 Å². The maximum absolute atomic E-state index is 6.28. The normalized spacial score (nSPS) is 18.6. The number of fused-ring (bicyclic) bond motifs is 3. The first-order chi connectivity index (χ1) is 14.1. The molecule has 1 spiro atoms. The van der Waals surface area contributed by atoms with Crippen LogP contribution in [0.3, 0.4) is 0 Å². The van der Waals surface area contributed by atoms with Crippen LogP contribution in [0.15, 0.2) is 42.6 Å². The van der Waals surface area contributed by atoms with E-state index in [1.54, 1.807) is 0 Å². The summed E-state index contributed by atoms with van der Waals surface area (Å²) in [6.45, 7) is 4.17. The Bertz CT molecular complexity index is 1020. The average Bonchev–Trinajstić information content (AvgIpc) is 3.29. The maximum Gasteiger partial charge on any atom is 0.0963 e. The molecule has 0 saturated carbocycles. The van der Waals surface area contributed by atoms with Crippen molar-refractivity contribution < 1.29 is 4.74 Å². The third-order valence-electron chi connectivity index (χ3n) is 6.65. The molecule has 0 amide bonds. The monoisotopic (exact) mass is 428 g/mol. The standard InChI is InChI=1S/C24H26Cl2N2O/c25-21-13-19-17(15-27-23(19)14-22(21)26)5-3-4-10-28-11-8-24(9-12-28)20-7-2-1-6-18(20)16-29-24/h1-2,6-7,13-15,27H,3-5,8-12,16H2. The molecule has 3 heterocycles. The third-order valence-corrected chi connectivity index (χ3v) is 7.38. The molecule has 2 aromatic carbocycles. The molecular formula is C24H26Cl2N2O. The molecule has 1 aromatic heterocycles. The summed E-state index contributed by atoms with van der Waals surface area (Å²) >= 11 is 12.3. The average molecular weight is 429 g/mol. The van der Waals surface area contributed by atoms with Gasteiger partial charge < -0.3 is 14.6 Å². The van der Waals surface area contributed by atoms with E-state index in [2.05, 4.69) is 40.3 Å². The van der Waals surface area contributed by atoms with Gasteiger partial charge in [0.05, 0.1) is 22.3 Å². The zero-order valence-electron chi connectivity index (χ0n) is 16.5. The minimum atomic E-state index is -0.0301. The van der Waals surface area contributed by atoms with E-state index in [4.69, 9.17) is 27.9 Å². The molecule has 0 radical (unpaired) electrons. The Morgan fingerprint density at radius 2 is 1.83 bits per heavy atom. The smallest absolute Gasteiger partial charge is 0.0963 e. The molecule has 1 fully saturated rings. The Kier molecular flexibility index (Phi) is 5.34. The minimum absolute atomic E-state index is 0.0301. The van der Waals surface area contributed by atoms with Gasteiger partial charge in [0, 0.05) is 30.2 Å². The van der Waals surface area contributed by atoms with Gasteiger partial charge in [0.25, 0.3) is 0 Å². The second-order valence-electron chi connectivity index (χ2n) is 8.36. The summed E-state index contributed by atoms with van der Waals surface area (Å²) in [6.07, 6.45) is 7.74. The highest BCUT2D eigenvalue weighted by atomic mass is 35.5. The van der Waals surface area contributed by atoms with Crippen molar-refractivity contribution in [3.05, 3.63) is 69.3 Å². The second-order valence-corrected chi connectivity index (χ2v) is 9.18. The lowest BCUT2D eigenvalue weighted by atomic mass is 9.84. The largest absolute Gasteiger partial charge is 0.365 e. The van der Waals surface area contributed by atoms with Gasteiger partial charge in [0.2, 0.25) is 0 Å². The summed E-state index contributed by atoms with van der Waals surface area (Å²) in [7, 11) is 0. The molecule has 2 aliphatic rings. The third kappa shape index (κ3) is 3.70. The van der Waals surface area contributed by atoms with Crippen molar-refractivity contribution >= 4 is 34.1 Å². The summed E-state index contributed by atoms with van der Waals surface area (Å²) in [5, 5.41) is 2.42. The molecule has 0 atom stereocenters. The fourth-order valence-corrected chi connectivity index (χ4v) is 5.30. The van der Waals surface area contributed by atoms with Crippen molar-refractivity contribution in [3.8, 4) is 0 Å². The summed E-state index contributed by atoms with van der Waals surface area (Å²) < 4.78 is 6.28. The van der Waals surface area contributed by atoms with E-state index in [9.17, 15) is 0 Å². The first-order valence-corrected chi connectivity index (χ1v) is 11.3. The van der Waals surface area contributed by atoms with Gasteiger partial charge in [-0.25, -0.2) is 0 Å². The first kappa shape index (κ1) is 19.4. The van der Waals surface area contributed by atoms with E-state index in [1.165, 1.54) is 34.9 Å². The Morgan fingerprint density at radius 1 is 1.03 bits per heavy atom. The lowest BCUT2D eigenvalue weighted by Gasteiger charge is -2.39. The van der Waals surface area contributed by atoms with E-state index in [0.717, 1.165) is 51.0 Å². The fraction of sp³-hybridized carbons (Fsp3) is 0.417. The highest BCUT2D eigenvalue weighted by Gasteiger charge is 2.42. The fourth-order valence-electron chi connectivity index (χ4n) is 4.97. The SMILES string of the molecule is Clc1cc2[nH]cc(CCCCN3CCC4(CC3)OCc3ccccc34)c2cc1Cl. The molecule has 1 N–H and O–H groups in total. The van der Waals surface area contributed by atoms with Crippen LogP contribution in [0.1, 0.15) is 42.4 Å². The van der Waals surface area contributed by atoms with Gasteiger partial charge >= 0.3 is 0 Å². The van der Waals surface area contributed by atoms with Crippen LogP contribution in [-0.2, 0) is 23.4 Å². The summed E-state index contributed by atoms with van der Waals surface area (Å²) in [4.78, 5) is 5.91. The van der Waals surface area contributed by atoms with Crippen LogP contribution >= 0.6 is 23.2 Å². The number of rotatable bonds is 5. The summed E-state index contributed by atoms with van der Waals surface area (Å²) in [5.41, 5.74) is 5.16. The van der Waals surface area contributed by atoms with Crippen molar-refractivity contribution in [1.29, 1.82) is 0 Å². The maximum atomic E-state index is 6.28. The van der Waals surface area contributed by atoms with Crippen LogP contribution < -0.4 is 0 Å². The first-order valence-electron chi connectivity index (χ1n) is 10.5. The number of likely N-dealkylation sites (tertiary alicyclic amines) is 1. The molecule has 29 heavy (non-hydrogen) atoms. The van der Waals surface area contributed by atoms with Crippen molar-refractivity contribution in [1.82, 2.24) is 9.88 Å². The molecule has 5 heteroatoms. The van der Waals surface area contributed by atoms with Crippen molar-refractivity contribution in [3.63, 3.8) is 0 Å². The van der Waals surface area contributed by atoms with E-state index < -0.39 is 0 Å². The van der Waals surface area contributed by atoms with Gasteiger partial charge in [-0.3, -0.25) is 0 Å². The summed E-state index contributed by atoms with van der Waals surface area (Å²) in [5.74, 6) is 0. The molecular weight excluding hydrogens is 403 g/mol. The van der Waals surface area contributed by atoms with Crippen LogP contribution in [0.2, 0.25) is 10.0 Å². The van der Waals surface area contributed by atoms with Gasteiger partial charge in [0.15, 0.2) is 0 Å². The lowest BCUT2D eigenvalue weighted by Crippen LogP contribution is -2.42. The Balaban J connectivity index is 1.12. The second kappa shape index (κ2) is 7.96. The van der Waals surface area contributed by atoms with Crippen LogP contribution in [0.5, 0.6) is 0 Å². The minimum Gasteiger partial charge on any atom is -0.365 e. The quantitative estimate of drug-likeness (QED) is 0.481. The number of hydrogen-bond donors (Lipinski definition) is 1. The Morgan fingerprint density at radius 3 is 2.69 bits per heavy atom. The van der Waals surface area contributed by atoms with Crippen molar-refractivity contribution in [2.24, 2.45) is 0 Å². The number of aryl methyl sites for hydroxylation is 1. The van der Waals surface area contributed by atoms with Crippen LogP contribution in [0.25, 0.3) is 10.9 Å². The molecule has 2 aliphatic heterocycles. The zero-order chi connectivity index (χ0) is 19.8. The van der Waals surface area contributed by atoms with Crippen LogP contribution in [0.4, 0.5) is 0 Å². The number of nitrogens with one attached hydrogen (secondary N) is 1. The Hall–Kier alpha value is -1.52. The van der Waals surface area contributed by atoms with Crippen LogP contribution in [-0.4, -0.2) is 29.5 Å². The zero-order valence-corrected chi connectivity index (χ0v) is 18.0. The van der Waals surface area contributed by atoms with Gasteiger partial charge in [0.1, 0.15) is 0 Å². The number of benzene rings is 2. The number of nitrogens with zero attached hydrogens (tertiary/aromatic N) is 1. The lowest BCUT2D eigenvalue weighted by molar-refractivity contribution is -0.0788. The van der Waals surface area contributed by atoms with Crippen molar-refractivity contribution in [2.75, 3.05) is 19.6 Å². The number of ether oxygens (including phenoxy) is 1. The molecule has 0 bridgehead atoms. The highest BCUT2D eigenvalue weighted by Crippen LogP contribution is 2.44. The number of aromatic nitrogens is 1. The number of halogens is 2. The predicted octanol–water partition coefficient (Wildman–Crippen LogP) is 6.32. The van der Waals surface area contributed by atoms with E-state index in [-0.39, 0.29) is 5.60 Å². The van der Waals surface area contributed by atoms with Gasteiger partial charge in [-0.15, -0.1) is 0 Å². The predicted molar refractivity (Wildman–Crippen MR) is 120 cm³/mol. The topological polar surface area (TPSA) is 28.3 Å². The number of unbranched alkanes of at least 4 members (excludes halogenated alkanes) is 1. The number of piperidine rings is 1. The van der Waals surface area contributed by atoms with Gasteiger partial charge in [-0.2, -0.15) is 0 Å². The molecule has 3 nitrogen and oxygen atoms in total. The molecule has 3 aromatic rings. The molecule has 152 valence electrons. The van der Waals surface area contributed by atoms with Crippen molar-refractivity contribution in [2.45, 2.75) is 44.3 Å². The molecule has 0 unspecified atom stereocenters.